The van der Waals surface area contributed by atoms with Gasteiger partial charge in [-0.25, -0.2) is 15.2 Å². The molecule has 0 aliphatic rings. The number of nitrogens with zero attached hydrogens (tertiary/aromatic N) is 1. The van der Waals surface area contributed by atoms with Gasteiger partial charge < -0.3 is 10.7 Å². The average molecular weight is 353 g/mol. The lowest BCUT2D eigenvalue weighted by atomic mass is 10.1. The summed E-state index contributed by atoms with van der Waals surface area (Å²) in [6.45, 7) is 1.82. The Hall–Kier alpha value is -1.99. The van der Waals surface area contributed by atoms with Crippen LogP contribution in [0.1, 0.15) is 28.9 Å². The first-order valence-corrected chi connectivity index (χ1v) is 6.99. The van der Waals surface area contributed by atoms with Crippen LogP contribution >= 0.6 is 15.9 Å². The van der Waals surface area contributed by atoms with Crippen molar-refractivity contribution in [2.75, 3.05) is 5.43 Å². The average Bonchev–Trinajstić information content (AvgIpc) is 2.47. The van der Waals surface area contributed by atoms with E-state index in [4.69, 9.17) is 5.84 Å². The topological polar surface area (TPSA) is 80.0 Å². The fourth-order valence-corrected chi connectivity index (χ4v) is 2.27. The Labute approximate surface area is 129 Å². The van der Waals surface area contributed by atoms with Gasteiger partial charge in [0.05, 0.1) is 11.6 Å². The zero-order valence-electron chi connectivity index (χ0n) is 11.2. The number of benzene rings is 1. The zero-order chi connectivity index (χ0) is 15.4. The summed E-state index contributed by atoms with van der Waals surface area (Å²) in [4.78, 5) is 15.8. The van der Waals surface area contributed by atoms with Gasteiger partial charge in [-0.1, -0.05) is 28.1 Å². The van der Waals surface area contributed by atoms with Crippen LogP contribution in [0.4, 0.5) is 10.2 Å². The molecule has 1 unspecified atom stereocenters. The van der Waals surface area contributed by atoms with Crippen molar-refractivity contribution >= 4 is 27.7 Å². The number of aromatic nitrogens is 1. The Morgan fingerprint density at radius 1 is 1.43 bits per heavy atom. The van der Waals surface area contributed by atoms with Crippen molar-refractivity contribution in [1.82, 2.24) is 10.3 Å². The number of anilines is 1. The highest BCUT2D eigenvalue weighted by Crippen LogP contribution is 2.19. The summed E-state index contributed by atoms with van der Waals surface area (Å²) in [7, 11) is 0. The van der Waals surface area contributed by atoms with Gasteiger partial charge in [-0.15, -0.1) is 0 Å². The normalized spacial score (nSPS) is 11.8. The van der Waals surface area contributed by atoms with Gasteiger partial charge in [-0.2, -0.15) is 0 Å². The van der Waals surface area contributed by atoms with Gasteiger partial charge >= 0.3 is 0 Å². The maximum absolute atomic E-state index is 14.0. The monoisotopic (exact) mass is 352 g/mol. The predicted octanol–water partition coefficient (Wildman–Crippen LogP) is 2.76. The minimum Gasteiger partial charge on any atom is -0.345 e. The molecule has 0 fully saturated rings. The third-order valence-electron chi connectivity index (χ3n) is 2.97. The number of hydrazine groups is 1. The molecule has 1 heterocycles. The van der Waals surface area contributed by atoms with Gasteiger partial charge in [0.15, 0.2) is 11.6 Å². The second-order valence-electron chi connectivity index (χ2n) is 4.42. The lowest BCUT2D eigenvalue weighted by Gasteiger charge is -2.15. The number of nitrogen functional groups attached to an aromatic ring is 1. The van der Waals surface area contributed by atoms with Crippen LogP contribution in [0, 0.1) is 5.82 Å². The Bertz CT molecular complexity index is 665. The third kappa shape index (κ3) is 3.56. The molecule has 0 saturated carbocycles. The second kappa shape index (κ2) is 6.64. The van der Waals surface area contributed by atoms with E-state index in [2.05, 4.69) is 31.7 Å². The van der Waals surface area contributed by atoms with E-state index < -0.39 is 11.7 Å². The number of nitrogens with one attached hydrogen (secondary N) is 2. The van der Waals surface area contributed by atoms with Crippen LogP contribution in [0.2, 0.25) is 0 Å². The van der Waals surface area contributed by atoms with Crippen molar-refractivity contribution in [3.63, 3.8) is 0 Å². The summed E-state index contributed by atoms with van der Waals surface area (Å²) < 4.78 is 14.9. The van der Waals surface area contributed by atoms with E-state index in [0.29, 0.717) is 0 Å². The molecule has 21 heavy (non-hydrogen) atoms. The lowest BCUT2D eigenvalue weighted by molar-refractivity contribution is 0.0935. The van der Waals surface area contributed by atoms with Crippen LogP contribution in [0.3, 0.4) is 0 Å². The highest BCUT2D eigenvalue weighted by molar-refractivity contribution is 9.10. The molecule has 0 spiro atoms. The fraction of sp³-hybridized carbons (Fsp3) is 0.143. The molecule has 5 nitrogen and oxygen atoms in total. The minimum atomic E-state index is -0.779. The molecule has 1 atom stereocenters. The SMILES string of the molecule is CC(NC(=O)c1ccnc(NN)c1F)c1cccc(Br)c1. The third-order valence-corrected chi connectivity index (χ3v) is 3.46. The summed E-state index contributed by atoms with van der Waals surface area (Å²) in [6, 6.07) is 8.56. The summed E-state index contributed by atoms with van der Waals surface area (Å²) >= 11 is 3.37. The number of hydrogen-bond acceptors (Lipinski definition) is 4. The van der Waals surface area contributed by atoms with Crippen molar-refractivity contribution in [3.05, 3.63) is 57.9 Å². The molecule has 1 aromatic carbocycles. The molecule has 2 aromatic rings. The second-order valence-corrected chi connectivity index (χ2v) is 5.33. The van der Waals surface area contributed by atoms with E-state index in [1.165, 1.54) is 12.3 Å². The maximum atomic E-state index is 14.0. The lowest BCUT2D eigenvalue weighted by Crippen LogP contribution is -2.28. The van der Waals surface area contributed by atoms with Crippen LogP contribution in [-0.2, 0) is 0 Å². The van der Waals surface area contributed by atoms with Crippen molar-refractivity contribution in [3.8, 4) is 0 Å². The summed E-state index contributed by atoms with van der Waals surface area (Å²) in [6.07, 6.45) is 1.32. The summed E-state index contributed by atoms with van der Waals surface area (Å²) in [5.41, 5.74) is 2.91. The van der Waals surface area contributed by atoms with Crippen LogP contribution in [0.25, 0.3) is 0 Å². The van der Waals surface area contributed by atoms with Gasteiger partial charge in [0, 0.05) is 10.7 Å². The smallest absolute Gasteiger partial charge is 0.254 e. The molecule has 1 aromatic heterocycles. The molecule has 110 valence electrons. The number of nitrogens with two attached hydrogens (primary N) is 1. The van der Waals surface area contributed by atoms with E-state index in [-0.39, 0.29) is 17.4 Å². The van der Waals surface area contributed by atoms with Crippen molar-refractivity contribution in [2.45, 2.75) is 13.0 Å². The first-order valence-electron chi connectivity index (χ1n) is 6.20. The van der Waals surface area contributed by atoms with E-state index in [9.17, 15) is 9.18 Å². The molecule has 0 bridgehead atoms. The number of carbonyl (C=O) groups excluding carboxylic acids is 1. The molecular formula is C14H14BrFN4O. The Morgan fingerprint density at radius 3 is 2.86 bits per heavy atom. The van der Waals surface area contributed by atoms with Gasteiger partial charge in [0.2, 0.25) is 0 Å². The van der Waals surface area contributed by atoms with Gasteiger partial charge in [-0.3, -0.25) is 4.79 Å². The maximum Gasteiger partial charge on any atom is 0.254 e. The van der Waals surface area contributed by atoms with Gasteiger partial charge in [0.25, 0.3) is 5.91 Å². The van der Waals surface area contributed by atoms with Gasteiger partial charge in [0.1, 0.15) is 0 Å². The van der Waals surface area contributed by atoms with Crippen molar-refractivity contribution in [2.24, 2.45) is 5.84 Å². The van der Waals surface area contributed by atoms with E-state index in [0.717, 1.165) is 10.0 Å². The predicted molar refractivity (Wildman–Crippen MR) is 82.0 cm³/mol. The Morgan fingerprint density at radius 2 is 2.19 bits per heavy atom. The molecular weight excluding hydrogens is 339 g/mol. The summed E-state index contributed by atoms with van der Waals surface area (Å²) in [5, 5.41) is 2.74. The van der Waals surface area contributed by atoms with Crippen LogP contribution in [0.15, 0.2) is 41.0 Å². The largest absolute Gasteiger partial charge is 0.345 e. The summed E-state index contributed by atoms with van der Waals surface area (Å²) in [5.74, 6) is 3.66. The number of rotatable bonds is 4. The zero-order valence-corrected chi connectivity index (χ0v) is 12.8. The number of amides is 1. The first kappa shape index (κ1) is 15.4. The number of hydrogen-bond donors (Lipinski definition) is 3. The van der Waals surface area contributed by atoms with Crippen LogP contribution in [0.5, 0.6) is 0 Å². The van der Waals surface area contributed by atoms with E-state index in [1.54, 1.807) is 0 Å². The number of halogens is 2. The highest BCUT2D eigenvalue weighted by Gasteiger charge is 2.18. The fourth-order valence-electron chi connectivity index (χ4n) is 1.85. The van der Waals surface area contributed by atoms with Crippen molar-refractivity contribution in [1.29, 1.82) is 0 Å². The Kier molecular flexibility index (Phi) is 4.87. The van der Waals surface area contributed by atoms with Gasteiger partial charge in [-0.05, 0) is 30.7 Å². The highest BCUT2D eigenvalue weighted by atomic mass is 79.9. The molecule has 0 aliphatic carbocycles. The van der Waals surface area contributed by atoms with Crippen LogP contribution in [-0.4, -0.2) is 10.9 Å². The molecule has 2 rings (SSSR count). The molecule has 0 saturated heterocycles. The first-order chi connectivity index (χ1) is 10.0. The standard InChI is InChI=1S/C14H14BrFN4O/c1-8(9-3-2-4-10(15)7-9)19-14(21)11-5-6-18-13(20-17)12(11)16/h2-8H,17H2,1H3,(H,18,20)(H,19,21). The molecule has 0 aliphatic heterocycles. The number of carbonyl (C=O) groups is 1. The van der Waals surface area contributed by atoms with E-state index in [1.807, 2.05) is 31.2 Å². The Balaban J connectivity index is 2.18. The number of pyridine rings is 1. The minimum absolute atomic E-state index is 0.111. The molecule has 1 amide bonds. The molecule has 0 radical (unpaired) electrons. The van der Waals surface area contributed by atoms with E-state index >= 15 is 0 Å². The quantitative estimate of drug-likeness (QED) is 0.583. The molecule has 4 N–H and O–H groups in total. The molecule has 7 heteroatoms. The van der Waals surface area contributed by atoms with Crippen LogP contribution < -0.4 is 16.6 Å². The van der Waals surface area contributed by atoms with Crippen molar-refractivity contribution < 1.29 is 9.18 Å².